The van der Waals surface area contributed by atoms with Crippen molar-refractivity contribution in [3.63, 3.8) is 0 Å². The van der Waals surface area contributed by atoms with E-state index in [0.29, 0.717) is 5.56 Å². The molecule has 1 heterocycles. The predicted octanol–water partition coefficient (Wildman–Crippen LogP) is 3.30. The molecule has 0 radical (unpaired) electrons. The van der Waals surface area contributed by atoms with E-state index < -0.39 is 0 Å². The largest absolute Gasteiger partial charge is 0.256 e. The number of fused-ring (bicyclic) bond motifs is 1. The van der Waals surface area contributed by atoms with Gasteiger partial charge in [0.1, 0.15) is 5.82 Å². The van der Waals surface area contributed by atoms with Crippen LogP contribution in [0.4, 0.5) is 4.39 Å². The fourth-order valence-corrected chi connectivity index (χ4v) is 1.55. The summed E-state index contributed by atoms with van der Waals surface area (Å²) in [5.74, 6) is -0.187. The second-order valence-electron chi connectivity index (χ2n) is 3.68. The molecule has 0 fully saturated rings. The number of hydrogen-bond acceptors (Lipinski definition) is 1. The molecule has 0 spiro atoms. The van der Waals surface area contributed by atoms with Crippen LogP contribution in [0.2, 0.25) is 0 Å². The molecule has 0 aliphatic carbocycles. The fourth-order valence-electron chi connectivity index (χ4n) is 1.55. The molecule has 1 aromatic heterocycles. The number of aryl methyl sites for hydroxylation is 3. The molecule has 1 nitrogen and oxygen atoms in total. The van der Waals surface area contributed by atoms with Crippen LogP contribution in [0.3, 0.4) is 0 Å². The van der Waals surface area contributed by atoms with Gasteiger partial charge in [0.05, 0.1) is 5.52 Å². The molecule has 0 N–H and O–H groups in total. The van der Waals surface area contributed by atoms with Gasteiger partial charge in [-0.05, 0) is 43.5 Å². The van der Waals surface area contributed by atoms with Crippen molar-refractivity contribution in [2.45, 2.75) is 20.8 Å². The van der Waals surface area contributed by atoms with Crippen molar-refractivity contribution in [2.75, 3.05) is 0 Å². The topological polar surface area (TPSA) is 12.9 Å². The van der Waals surface area contributed by atoms with Crippen molar-refractivity contribution < 1.29 is 4.39 Å². The van der Waals surface area contributed by atoms with Crippen LogP contribution in [-0.2, 0) is 0 Å². The van der Waals surface area contributed by atoms with E-state index in [1.807, 2.05) is 19.9 Å². The van der Waals surface area contributed by atoms with Crippen molar-refractivity contribution in [2.24, 2.45) is 0 Å². The van der Waals surface area contributed by atoms with Gasteiger partial charge in [-0.2, -0.15) is 0 Å². The van der Waals surface area contributed by atoms with Crippen molar-refractivity contribution in [1.82, 2.24) is 4.98 Å². The van der Waals surface area contributed by atoms with Gasteiger partial charge in [-0.3, -0.25) is 4.98 Å². The quantitative estimate of drug-likeness (QED) is 0.619. The first kappa shape index (κ1) is 9.13. The third kappa shape index (κ3) is 1.27. The molecule has 72 valence electrons. The number of hydrogen-bond donors (Lipinski definition) is 0. The molecular formula is C12H12FN. The van der Waals surface area contributed by atoms with Crippen molar-refractivity contribution in [3.8, 4) is 0 Å². The Kier molecular flexibility index (Phi) is 1.99. The summed E-state index contributed by atoms with van der Waals surface area (Å²) in [7, 11) is 0. The van der Waals surface area contributed by atoms with Gasteiger partial charge in [0, 0.05) is 17.6 Å². The Labute approximate surface area is 82.6 Å². The van der Waals surface area contributed by atoms with Gasteiger partial charge in [0.15, 0.2) is 0 Å². The lowest BCUT2D eigenvalue weighted by Gasteiger charge is -2.06. The molecule has 0 saturated carbocycles. The highest BCUT2D eigenvalue weighted by Gasteiger charge is 2.05. The first-order valence-electron chi connectivity index (χ1n) is 4.61. The minimum absolute atomic E-state index is 0.187. The highest BCUT2D eigenvalue weighted by molar-refractivity contribution is 5.83. The van der Waals surface area contributed by atoms with Gasteiger partial charge in [-0.25, -0.2) is 4.39 Å². The summed E-state index contributed by atoms with van der Waals surface area (Å²) < 4.78 is 13.2. The molecule has 0 unspecified atom stereocenters. The average Bonchev–Trinajstić information content (AvgIpc) is 2.15. The first-order chi connectivity index (χ1) is 6.59. The summed E-state index contributed by atoms with van der Waals surface area (Å²) >= 11 is 0. The maximum Gasteiger partial charge on any atom is 0.128 e. The Bertz CT molecular complexity index is 503. The van der Waals surface area contributed by atoms with Gasteiger partial charge >= 0.3 is 0 Å². The van der Waals surface area contributed by atoms with Crippen molar-refractivity contribution in [3.05, 3.63) is 40.8 Å². The lowest BCUT2D eigenvalue weighted by atomic mass is 10.0. The van der Waals surface area contributed by atoms with Crippen LogP contribution in [0, 0.1) is 26.6 Å². The number of benzene rings is 1. The summed E-state index contributed by atoms with van der Waals surface area (Å²) in [6.45, 7) is 5.83. The van der Waals surface area contributed by atoms with Gasteiger partial charge in [0.2, 0.25) is 0 Å². The van der Waals surface area contributed by atoms with Crippen LogP contribution in [0.15, 0.2) is 18.3 Å². The molecule has 0 saturated heterocycles. The van der Waals surface area contributed by atoms with Crippen LogP contribution in [0.25, 0.3) is 10.9 Å². The van der Waals surface area contributed by atoms with Gasteiger partial charge in [-0.15, -0.1) is 0 Å². The first-order valence-corrected chi connectivity index (χ1v) is 4.61. The number of pyridine rings is 1. The van der Waals surface area contributed by atoms with E-state index in [9.17, 15) is 4.39 Å². The minimum Gasteiger partial charge on any atom is -0.256 e. The molecule has 0 aliphatic rings. The lowest BCUT2D eigenvalue weighted by Crippen LogP contribution is -1.90. The predicted molar refractivity (Wildman–Crippen MR) is 55.9 cm³/mol. The Hall–Kier alpha value is -1.44. The summed E-state index contributed by atoms with van der Waals surface area (Å²) in [4.78, 5) is 4.20. The van der Waals surface area contributed by atoms with Crippen LogP contribution in [-0.4, -0.2) is 4.98 Å². The molecule has 0 amide bonds. The smallest absolute Gasteiger partial charge is 0.128 e. The Balaban J connectivity index is 2.89. The number of rotatable bonds is 0. The monoisotopic (exact) mass is 189 g/mol. The number of halogens is 1. The zero-order valence-corrected chi connectivity index (χ0v) is 8.56. The van der Waals surface area contributed by atoms with Crippen molar-refractivity contribution >= 4 is 10.9 Å². The third-order valence-electron chi connectivity index (χ3n) is 2.67. The van der Waals surface area contributed by atoms with E-state index in [2.05, 4.69) is 4.98 Å². The fraction of sp³-hybridized carbons (Fsp3) is 0.250. The molecular weight excluding hydrogens is 177 g/mol. The van der Waals surface area contributed by atoms with Gasteiger partial charge < -0.3 is 0 Å². The molecule has 2 aromatic rings. The molecule has 2 rings (SSSR count). The van der Waals surface area contributed by atoms with E-state index in [1.54, 1.807) is 13.1 Å². The summed E-state index contributed by atoms with van der Waals surface area (Å²) in [6.07, 6.45) is 1.78. The second kappa shape index (κ2) is 3.05. The summed E-state index contributed by atoms with van der Waals surface area (Å²) in [6, 6.07) is 3.36. The normalized spacial score (nSPS) is 10.9. The molecule has 0 aliphatic heterocycles. The molecule has 0 atom stereocenters. The van der Waals surface area contributed by atoms with Gasteiger partial charge in [-0.1, -0.05) is 0 Å². The maximum absolute atomic E-state index is 13.2. The zero-order valence-electron chi connectivity index (χ0n) is 8.56. The highest BCUT2D eigenvalue weighted by atomic mass is 19.1. The second-order valence-corrected chi connectivity index (χ2v) is 3.68. The zero-order chi connectivity index (χ0) is 10.3. The molecule has 0 bridgehead atoms. The number of nitrogens with zero attached hydrogens (tertiary/aromatic N) is 1. The Morgan fingerprint density at radius 2 is 1.79 bits per heavy atom. The Morgan fingerprint density at radius 1 is 1.07 bits per heavy atom. The SMILES string of the molecule is Cc1cc2c(C)c(C)cnc2cc1F. The van der Waals surface area contributed by atoms with E-state index in [4.69, 9.17) is 0 Å². The van der Waals surface area contributed by atoms with E-state index >= 15 is 0 Å². The lowest BCUT2D eigenvalue weighted by molar-refractivity contribution is 0.620. The van der Waals surface area contributed by atoms with Crippen LogP contribution < -0.4 is 0 Å². The molecule has 2 heteroatoms. The van der Waals surface area contributed by atoms with Crippen LogP contribution in [0.1, 0.15) is 16.7 Å². The number of aromatic nitrogens is 1. The summed E-state index contributed by atoms with van der Waals surface area (Å²) in [5.41, 5.74) is 3.73. The van der Waals surface area contributed by atoms with Crippen LogP contribution >= 0.6 is 0 Å². The molecule has 14 heavy (non-hydrogen) atoms. The van der Waals surface area contributed by atoms with Crippen LogP contribution in [0.5, 0.6) is 0 Å². The highest BCUT2D eigenvalue weighted by Crippen LogP contribution is 2.22. The molecule has 1 aromatic carbocycles. The Morgan fingerprint density at radius 3 is 2.50 bits per heavy atom. The third-order valence-corrected chi connectivity index (χ3v) is 2.67. The van der Waals surface area contributed by atoms with E-state index in [1.165, 1.54) is 11.6 Å². The maximum atomic E-state index is 13.2. The summed E-state index contributed by atoms with van der Waals surface area (Å²) in [5, 5.41) is 1.05. The van der Waals surface area contributed by atoms with E-state index in [-0.39, 0.29) is 5.82 Å². The van der Waals surface area contributed by atoms with Gasteiger partial charge in [0.25, 0.3) is 0 Å². The van der Waals surface area contributed by atoms with E-state index in [0.717, 1.165) is 16.5 Å². The minimum atomic E-state index is -0.187. The average molecular weight is 189 g/mol. The standard InChI is InChI=1S/C12H12FN/c1-7-4-10-9(3)8(2)6-14-12(10)5-11(7)13/h4-6H,1-3H3. The van der Waals surface area contributed by atoms with Crippen molar-refractivity contribution in [1.29, 1.82) is 0 Å².